The zero-order valence-corrected chi connectivity index (χ0v) is 13.4. The van der Waals surface area contributed by atoms with E-state index in [1.807, 2.05) is 36.7 Å². The topological polar surface area (TPSA) is 54.5 Å². The van der Waals surface area contributed by atoms with Gasteiger partial charge in [-0.3, -0.25) is 4.79 Å². The van der Waals surface area contributed by atoms with Crippen LogP contribution in [0.25, 0.3) is 0 Å². The number of aromatic nitrogens is 1. The van der Waals surface area contributed by atoms with Crippen molar-refractivity contribution in [2.24, 2.45) is 0 Å². The molecule has 5 nitrogen and oxygen atoms in total. The van der Waals surface area contributed by atoms with E-state index in [0.29, 0.717) is 17.9 Å². The van der Waals surface area contributed by atoms with Crippen molar-refractivity contribution in [1.82, 2.24) is 14.4 Å². The maximum Gasteiger partial charge on any atom is 0.270 e. The van der Waals surface area contributed by atoms with Gasteiger partial charge in [0.25, 0.3) is 5.91 Å². The summed E-state index contributed by atoms with van der Waals surface area (Å²) in [5.41, 5.74) is 7.19. The summed E-state index contributed by atoms with van der Waals surface area (Å²) in [6.07, 6.45) is 2.83. The molecule has 114 valence electrons. The minimum absolute atomic E-state index is 0.0620. The smallest absolute Gasteiger partial charge is 0.270 e. The highest BCUT2D eigenvalue weighted by atomic mass is 16.2. The first kappa shape index (κ1) is 16.6. The standard InChI is InChI=1S/C15H28N4O/c1-6-8-18-11-13(16)9-14(18)15(20)19(7-2)12(3)10-17(4)5/h9,11-12H,6-8,10,16H2,1-5H3. The van der Waals surface area contributed by atoms with E-state index in [2.05, 4.69) is 18.7 Å². The molecule has 1 heterocycles. The molecule has 1 atom stereocenters. The van der Waals surface area contributed by atoms with Crippen LogP contribution in [0.5, 0.6) is 0 Å². The van der Waals surface area contributed by atoms with E-state index < -0.39 is 0 Å². The molecule has 1 unspecified atom stereocenters. The molecule has 1 aromatic heterocycles. The molecule has 0 aliphatic heterocycles. The van der Waals surface area contributed by atoms with Crippen LogP contribution in [0.15, 0.2) is 12.3 Å². The van der Waals surface area contributed by atoms with Gasteiger partial charge in [0, 0.05) is 31.9 Å². The highest BCUT2D eigenvalue weighted by molar-refractivity contribution is 5.94. The number of nitrogens with two attached hydrogens (primary N) is 1. The SMILES string of the molecule is CCCn1cc(N)cc1C(=O)N(CC)C(C)CN(C)C. The monoisotopic (exact) mass is 280 g/mol. The molecule has 20 heavy (non-hydrogen) atoms. The largest absolute Gasteiger partial charge is 0.397 e. The molecule has 5 heteroatoms. The van der Waals surface area contributed by atoms with E-state index >= 15 is 0 Å². The fourth-order valence-electron chi connectivity index (χ4n) is 2.57. The highest BCUT2D eigenvalue weighted by Gasteiger charge is 2.23. The van der Waals surface area contributed by atoms with Crippen LogP contribution in [0.1, 0.15) is 37.7 Å². The van der Waals surface area contributed by atoms with Gasteiger partial charge in [-0.15, -0.1) is 0 Å². The van der Waals surface area contributed by atoms with Crippen LogP contribution < -0.4 is 5.73 Å². The average Bonchev–Trinajstić information content (AvgIpc) is 2.70. The van der Waals surface area contributed by atoms with Crippen LogP contribution in [-0.2, 0) is 6.54 Å². The van der Waals surface area contributed by atoms with Crippen molar-refractivity contribution in [2.45, 2.75) is 39.8 Å². The van der Waals surface area contributed by atoms with Crippen LogP contribution in [-0.4, -0.2) is 53.5 Å². The number of nitrogen functional groups attached to an aromatic ring is 1. The molecule has 0 aliphatic carbocycles. The summed E-state index contributed by atoms with van der Waals surface area (Å²) in [6, 6.07) is 1.96. The molecule has 1 aromatic rings. The Kier molecular flexibility index (Phi) is 6.07. The number of carbonyl (C=O) groups excluding carboxylic acids is 1. The lowest BCUT2D eigenvalue weighted by atomic mass is 10.2. The lowest BCUT2D eigenvalue weighted by molar-refractivity contribution is 0.0668. The molecular weight excluding hydrogens is 252 g/mol. The Morgan fingerprint density at radius 3 is 2.55 bits per heavy atom. The van der Waals surface area contributed by atoms with Crippen molar-refractivity contribution >= 4 is 11.6 Å². The highest BCUT2D eigenvalue weighted by Crippen LogP contribution is 2.15. The molecule has 0 radical (unpaired) electrons. The molecular formula is C15H28N4O. The quantitative estimate of drug-likeness (QED) is 0.830. The third kappa shape index (κ3) is 4.00. The molecule has 0 bridgehead atoms. The number of anilines is 1. The average molecular weight is 280 g/mol. The molecule has 2 N–H and O–H groups in total. The minimum Gasteiger partial charge on any atom is -0.397 e. The molecule has 0 fully saturated rings. The summed E-state index contributed by atoms with van der Waals surface area (Å²) < 4.78 is 1.96. The van der Waals surface area contributed by atoms with E-state index in [1.54, 1.807) is 6.07 Å². The number of hydrogen-bond acceptors (Lipinski definition) is 3. The van der Waals surface area contributed by atoms with Crippen LogP contribution >= 0.6 is 0 Å². The fourth-order valence-corrected chi connectivity index (χ4v) is 2.57. The number of carbonyl (C=O) groups is 1. The van der Waals surface area contributed by atoms with Crippen molar-refractivity contribution in [1.29, 1.82) is 0 Å². The first-order valence-electron chi connectivity index (χ1n) is 7.32. The maximum absolute atomic E-state index is 12.7. The zero-order valence-electron chi connectivity index (χ0n) is 13.4. The summed E-state index contributed by atoms with van der Waals surface area (Å²) in [7, 11) is 4.04. The molecule has 1 amide bonds. The molecule has 0 aliphatic rings. The first-order chi connectivity index (χ1) is 9.40. The normalized spacial score (nSPS) is 12.7. The molecule has 1 rings (SSSR count). The lowest BCUT2D eigenvalue weighted by Crippen LogP contribution is -2.44. The van der Waals surface area contributed by atoms with E-state index in [0.717, 1.165) is 19.5 Å². The zero-order chi connectivity index (χ0) is 15.3. The van der Waals surface area contributed by atoms with E-state index in [-0.39, 0.29) is 11.9 Å². The number of aryl methyl sites for hydroxylation is 1. The number of likely N-dealkylation sites (N-methyl/N-ethyl adjacent to an activating group) is 2. The van der Waals surface area contributed by atoms with Gasteiger partial charge in [0.05, 0.1) is 5.69 Å². The van der Waals surface area contributed by atoms with Crippen molar-refractivity contribution in [2.75, 3.05) is 32.9 Å². The molecule has 0 spiro atoms. The summed E-state index contributed by atoms with van der Waals surface area (Å²) in [5, 5.41) is 0. The molecule has 0 saturated carbocycles. The van der Waals surface area contributed by atoms with Crippen LogP contribution in [0.4, 0.5) is 5.69 Å². The van der Waals surface area contributed by atoms with Crippen molar-refractivity contribution in [3.05, 3.63) is 18.0 Å². The Bertz CT molecular complexity index is 439. The van der Waals surface area contributed by atoms with E-state index in [4.69, 9.17) is 5.73 Å². The van der Waals surface area contributed by atoms with Gasteiger partial charge < -0.3 is 20.1 Å². The Morgan fingerprint density at radius 1 is 1.40 bits per heavy atom. The van der Waals surface area contributed by atoms with Gasteiger partial charge in [-0.2, -0.15) is 0 Å². The van der Waals surface area contributed by atoms with Crippen molar-refractivity contribution in [3.63, 3.8) is 0 Å². The summed E-state index contributed by atoms with van der Waals surface area (Å²) in [6.45, 7) is 8.56. The van der Waals surface area contributed by atoms with Gasteiger partial charge in [0.2, 0.25) is 0 Å². The van der Waals surface area contributed by atoms with Gasteiger partial charge >= 0.3 is 0 Å². The second-order valence-corrected chi connectivity index (χ2v) is 5.55. The third-order valence-electron chi connectivity index (χ3n) is 3.36. The van der Waals surface area contributed by atoms with Gasteiger partial charge in [-0.05, 0) is 40.4 Å². The van der Waals surface area contributed by atoms with Gasteiger partial charge in [0.1, 0.15) is 5.69 Å². The van der Waals surface area contributed by atoms with Gasteiger partial charge in [-0.1, -0.05) is 6.92 Å². The Hall–Kier alpha value is -1.49. The third-order valence-corrected chi connectivity index (χ3v) is 3.36. The molecule has 0 saturated heterocycles. The lowest BCUT2D eigenvalue weighted by Gasteiger charge is -2.30. The number of rotatable bonds is 7. The van der Waals surface area contributed by atoms with Crippen LogP contribution in [0.3, 0.4) is 0 Å². The predicted molar refractivity (Wildman–Crippen MR) is 83.9 cm³/mol. The van der Waals surface area contributed by atoms with Crippen molar-refractivity contribution in [3.8, 4) is 0 Å². The number of nitrogens with zero attached hydrogens (tertiary/aromatic N) is 3. The second kappa shape index (κ2) is 7.33. The van der Waals surface area contributed by atoms with E-state index in [1.165, 1.54) is 0 Å². The summed E-state index contributed by atoms with van der Waals surface area (Å²) in [4.78, 5) is 16.7. The predicted octanol–water partition coefficient (Wildman–Crippen LogP) is 1.89. The Morgan fingerprint density at radius 2 is 2.05 bits per heavy atom. The summed E-state index contributed by atoms with van der Waals surface area (Å²) >= 11 is 0. The van der Waals surface area contributed by atoms with Gasteiger partial charge in [-0.25, -0.2) is 0 Å². The first-order valence-corrected chi connectivity index (χ1v) is 7.32. The summed E-state index contributed by atoms with van der Waals surface area (Å²) in [5.74, 6) is 0.0620. The maximum atomic E-state index is 12.7. The fraction of sp³-hybridized carbons (Fsp3) is 0.667. The minimum atomic E-state index is 0.0620. The van der Waals surface area contributed by atoms with E-state index in [9.17, 15) is 4.79 Å². The Balaban J connectivity index is 2.96. The van der Waals surface area contributed by atoms with Gasteiger partial charge in [0.15, 0.2) is 0 Å². The molecule has 0 aromatic carbocycles. The Labute approximate surface area is 122 Å². The van der Waals surface area contributed by atoms with Crippen molar-refractivity contribution < 1.29 is 4.79 Å². The number of amides is 1. The number of hydrogen-bond donors (Lipinski definition) is 1. The second-order valence-electron chi connectivity index (χ2n) is 5.55. The van der Waals surface area contributed by atoms with Crippen LogP contribution in [0.2, 0.25) is 0 Å². The van der Waals surface area contributed by atoms with Crippen LogP contribution in [0, 0.1) is 0 Å².